The van der Waals surface area contributed by atoms with E-state index in [0.29, 0.717) is 23.4 Å². The molecule has 2 heterocycles. The number of methoxy groups -OCH3 is 1. The maximum Gasteiger partial charge on any atom is 0.347 e. The van der Waals surface area contributed by atoms with Crippen LogP contribution in [0.3, 0.4) is 0 Å². The van der Waals surface area contributed by atoms with Crippen LogP contribution in [0.5, 0.6) is 0 Å². The first kappa shape index (κ1) is 28.3. The Bertz CT molecular complexity index is 1140. The Hall–Kier alpha value is -1.91. The van der Waals surface area contributed by atoms with Crippen LogP contribution in [0.15, 0.2) is 18.9 Å². The molecule has 1 aromatic heterocycles. The lowest BCUT2D eigenvalue weighted by atomic mass is 10.1. The molecule has 0 aromatic carbocycles. The zero-order valence-corrected chi connectivity index (χ0v) is 22.1. The van der Waals surface area contributed by atoms with Crippen molar-refractivity contribution in [2.24, 2.45) is 4.40 Å². The number of likely N-dealkylation sites (N-methyl/N-ethyl adjacent to an activating group) is 2. The van der Waals surface area contributed by atoms with Gasteiger partial charge in [0.1, 0.15) is 14.5 Å². The van der Waals surface area contributed by atoms with Gasteiger partial charge >= 0.3 is 11.9 Å². The minimum Gasteiger partial charge on any atom is -0.454 e. The topological polar surface area (TPSA) is 158 Å². The number of ether oxygens (including phenoxy) is 3. The number of sulfonamides is 2. The fraction of sp³-hybridized carbons (Fsp3) is 0.632. The highest BCUT2D eigenvalue weighted by Gasteiger charge is 2.38. The molecule has 1 N–H and O–H groups in total. The molecule has 0 radical (unpaired) electrons. The minimum absolute atomic E-state index is 0.0543. The summed E-state index contributed by atoms with van der Waals surface area (Å²) in [4.78, 5) is 23.8. The van der Waals surface area contributed by atoms with Crippen LogP contribution in [0.2, 0.25) is 0 Å². The molecule has 12 nitrogen and oxygen atoms in total. The highest BCUT2D eigenvalue weighted by atomic mass is 32.3. The second-order valence-electron chi connectivity index (χ2n) is 7.53. The van der Waals surface area contributed by atoms with E-state index in [1.807, 2.05) is 6.92 Å². The third-order valence-electron chi connectivity index (χ3n) is 4.89. The molecule has 4 atom stereocenters. The Labute approximate surface area is 203 Å². The van der Waals surface area contributed by atoms with Crippen LogP contribution < -0.4 is 5.32 Å². The molecule has 0 bridgehead atoms. The van der Waals surface area contributed by atoms with Gasteiger partial charge in [-0.25, -0.2) is 18.0 Å². The first-order valence-corrected chi connectivity index (χ1v) is 14.0. The quantitative estimate of drug-likeness (QED) is 0.331. The summed E-state index contributed by atoms with van der Waals surface area (Å²) in [6, 6.07) is 0.947. The standard InChI is InChI=1S/C19H29N3O9S3/c1-7-20-15-10-22(5)34(27,28)19-14(15)8-16(32-19)33(25,26)21-9-11(2)30-18(24)13(4)31-17(23)12(3)29-6/h8-9,11-13,15,20H,7,10H2,1-6H3/b21-9+/t11?,12?,13?,15-/m0/s1. The lowest BCUT2D eigenvalue weighted by molar-refractivity contribution is -0.173. The molecule has 34 heavy (non-hydrogen) atoms. The SMILES string of the molecule is CCN[C@H]1CN(C)S(=O)(=O)c2sc(S(=O)(=O)/N=C/C(C)OC(=O)C(C)OC(=O)C(C)OC)cc21. The molecular formula is C19H29N3O9S3. The molecule has 1 aliphatic heterocycles. The van der Waals surface area contributed by atoms with Crippen molar-refractivity contribution in [3.05, 3.63) is 11.6 Å². The van der Waals surface area contributed by atoms with Gasteiger partial charge in [0.2, 0.25) is 0 Å². The molecule has 1 aliphatic rings. The van der Waals surface area contributed by atoms with Crippen molar-refractivity contribution in [1.29, 1.82) is 0 Å². The number of carbonyl (C=O) groups is 2. The predicted octanol–water partition coefficient (Wildman–Crippen LogP) is 0.691. The Morgan fingerprint density at radius 3 is 2.47 bits per heavy atom. The summed E-state index contributed by atoms with van der Waals surface area (Å²) in [6.07, 6.45) is -2.28. The van der Waals surface area contributed by atoms with E-state index in [0.717, 1.165) is 6.21 Å². The maximum absolute atomic E-state index is 12.7. The van der Waals surface area contributed by atoms with Crippen molar-refractivity contribution in [3.8, 4) is 0 Å². The lowest BCUT2D eigenvalue weighted by Gasteiger charge is -2.29. The molecule has 192 valence electrons. The first-order chi connectivity index (χ1) is 15.7. The maximum atomic E-state index is 12.7. The van der Waals surface area contributed by atoms with E-state index in [-0.39, 0.29) is 21.0 Å². The normalized spacial score (nSPS) is 20.9. The smallest absolute Gasteiger partial charge is 0.347 e. The van der Waals surface area contributed by atoms with Crippen LogP contribution >= 0.6 is 11.3 Å². The third-order valence-corrected chi connectivity index (χ3v) is 10.1. The molecule has 0 fully saturated rings. The van der Waals surface area contributed by atoms with Gasteiger partial charge in [-0.3, -0.25) is 0 Å². The minimum atomic E-state index is -4.26. The molecular weight excluding hydrogens is 510 g/mol. The molecule has 0 aliphatic carbocycles. The second-order valence-corrected chi connectivity index (χ2v) is 12.7. The Kier molecular flexibility index (Phi) is 9.35. The van der Waals surface area contributed by atoms with Gasteiger partial charge in [-0.15, -0.1) is 11.3 Å². The summed E-state index contributed by atoms with van der Waals surface area (Å²) in [6.45, 7) is 6.73. The van der Waals surface area contributed by atoms with Crippen molar-refractivity contribution in [1.82, 2.24) is 9.62 Å². The summed E-state index contributed by atoms with van der Waals surface area (Å²) in [5, 5.41) is 3.15. The summed E-state index contributed by atoms with van der Waals surface area (Å²) in [5.74, 6) is -1.66. The zero-order valence-electron chi connectivity index (χ0n) is 19.7. The van der Waals surface area contributed by atoms with Crippen molar-refractivity contribution >= 4 is 49.5 Å². The molecule has 0 amide bonds. The largest absolute Gasteiger partial charge is 0.454 e. The average Bonchev–Trinajstić information content (AvgIpc) is 3.23. The highest BCUT2D eigenvalue weighted by Crippen LogP contribution is 2.40. The van der Waals surface area contributed by atoms with Crippen LogP contribution in [0.4, 0.5) is 0 Å². The van der Waals surface area contributed by atoms with E-state index in [1.165, 1.54) is 45.3 Å². The van der Waals surface area contributed by atoms with Crippen LogP contribution in [0.25, 0.3) is 0 Å². The van der Waals surface area contributed by atoms with Gasteiger partial charge in [0.25, 0.3) is 20.0 Å². The zero-order chi connectivity index (χ0) is 25.8. The average molecular weight is 540 g/mol. The van der Waals surface area contributed by atoms with Crippen LogP contribution in [-0.4, -0.2) is 84.9 Å². The molecule has 0 spiro atoms. The summed E-state index contributed by atoms with van der Waals surface area (Å²) >= 11 is 0.616. The van der Waals surface area contributed by atoms with E-state index in [2.05, 4.69) is 9.71 Å². The Morgan fingerprint density at radius 2 is 1.88 bits per heavy atom. The lowest BCUT2D eigenvalue weighted by Crippen LogP contribution is -2.40. The van der Waals surface area contributed by atoms with E-state index in [1.54, 1.807) is 0 Å². The third kappa shape index (κ3) is 6.40. The number of hydrogen-bond donors (Lipinski definition) is 1. The number of hydrogen-bond acceptors (Lipinski definition) is 11. The first-order valence-electron chi connectivity index (χ1n) is 10.3. The molecule has 15 heteroatoms. The van der Waals surface area contributed by atoms with E-state index in [4.69, 9.17) is 14.2 Å². The van der Waals surface area contributed by atoms with E-state index in [9.17, 15) is 26.4 Å². The van der Waals surface area contributed by atoms with Crippen LogP contribution in [0, 0.1) is 0 Å². The van der Waals surface area contributed by atoms with Crippen LogP contribution in [-0.2, 0) is 43.8 Å². The number of carbonyl (C=O) groups excluding carboxylic acids is 2. The van der Waals surface area contributed by atoms with Crippen molar-refractivity contribution in [3.63, 3.8) is 0 Å². The van der Waals surface area contributed by atoms with Crippen molar-refractivity contribution < 1.29 is 40.6 Å². The van der Waals surface area contributed by atoms with E-state index >= 15 is 0 Å². The van der Waals surface area contributed by atoms with Gasteiger partial charge in [0, 0.05) is 32.3 Å². The second kappa shape index (κ2) is 11.2. The van der Waals surface area contributed by atoms with Crippen LogP contribution in [0.1, 0.15) is 39.3 Å². The highest BCUT2D eigenvalue weighted by molar-refractivity contribution is 7.94. The van der Waals surface area contributed by atoms with Gasteiger partial charge in [-0.2, -0.15) is 17.1 Å². The number of nitrogens with one attached hydrogen (secondary N) is 1. The predicted molar refractivity (Wildman–Crippen MR) is 124 cm³/mol. The van der Waals surface area contributed by atoms with Crippen molar-refractivity contribution in [2.45, 2.75) is 60.5 Å². The molecule has 0 saturated heterocycles. The molecule has 1 aromatic rings. The molecule has 2 rings (SSSR count). The Balaban J connectivity index is 2.16. The van der Waals surface area contributed by atoms with Gasteiger partial charge in [0.15, 0.2) is 12.2 Å². The van der Waals surface area contributed by atoms with Crippen molar-refractivity contribution in [2.75, 3.05) is 27.2 Å². The number of thiophene rings is 1. The monoisotopic (exact) mass is 539 g/mol. The Morgan fingerprint density at radius 1 is 1.26 bits per heavy atom. The summed E-state index contributed by atoms with van der Waals surface area (Å²) in [5.41, 5.74) is 0.374. The summed E-state index contributed by atoms with van der Waals surface area (Å²) < 4.78 is 70.0. The number of fused-ring (bicyclic) bond motifs is 1. The van der Waals surface area contributed by atoms with Gasteiger partial charge < -0.3 is 19.5 Å². The molecule has 3 unspecified atom stereocenters. The fourth-order valence-electron chi connectivity index (χ4n) is 2.89. The summed E-state index contributed by atoms with van der Waals surface area (Å²) in [7, 11) is -5.33. The molecule has 0 saturated carbocycles. The van der Waals surface area contributed by atoms with Gasteiger partial charge in [-0.05, 0) is 33.4 Å². The number of nitrogens with zero attached hydrogens (tertiary/aromatic N) is 2. The van der Waals surface area contributed by atoms with Gasteiger partial charge in [0.05, 0.1) is 6.21 Å². The fourth-order valence-corrected chi connectivity index (χ4v) is 7.45. The number of esters is 2. The van der Waals surface area contributed by atoms with E-state index < -0.39 is 50.3 Å². The number of rotatable bonds is 10. The van der Waals surface area contributed by atoms with Gasteiger partial charge in [-0.1, -0.05) is 6.92 Å².